The molecule has 0 saturated heterocycles. The monoisotopic (exact) mass is 280 g/mol. The van der Waals surface area contributed by atoms with Crippen LogP contribution in [0.3, 0.4) is 0 Å². The van der Waals surface area contributed by atoms with E-state index in [1.807, 2.05) is 7.05 Å². The molecule has 1 aliphatic carbocycles. The number of hydrogen-bond donors (Lipinski definition) is 1. The van der Waals surface area contributed by atoms with Crippen LogP contribution in [0.2, 0.25) is 0 Å². The third kappa shape index (κ3) is 4.34. The maximum atomic E-state index is 11.9. The van der Waals surface area contributed by atoms with Gasteiger partial charge >= 0.3 is 0 Å². The molecule has 0 aromatic carbocycles. The van der Waals surface area contributed by atoms with Gasteiger partial charge in [0.25, 0.3) is 0 Å². The van der Waals surface area contributed by atoms with Gasteiger partial charge in [0, 0.05) is 30.9 Å². The normalized spacial score (nSPS) is 18.1. The second kappa shape index (κ2) is 5.88. The Hall–Kier alpha value is -0.830. The molecule has 0 spiro atoms. The fraction of sp³-hybridized carbons (Fsp3) is 0.824. The predicted octanol–water partition coefficient (Wildman–Crippen LogP) is 3.22. The van der Waals surface area contributed by atoms with Gasteiger partial charge in [-0.1, -0.05) is 41.5 Å². The van der Waals surface area contributed by atoms with Crippen LogP contribution in [0, 0.1) is 10.8 Å². The fourth-order valence-corrected chi connectivity index (χ4v) is 2.70. The van der Waals surface area contributed by atoms with Crippen LogP contribution in [0.15, 0.2) is 11.3 Å². The molecule has 0 fully saturated rings. The van der Waals surface area contributed by atoms with Crippen LogP contribution >= 0.6 is 0 Å². The van der Waals surface area contributed by atoms with E-state index in [-0.39, 0.29) is 10.8 Å². The van der Waals surface area contributed by atoms with Gasteiger partial charge in [-0.05, 0) is 24.3 Å². The van der Waals surface area contributed by atoms with Crippen molar-refractivity contribution in [3.05, 3.63) is 11.3 Å². The van der Waals surface area contributed by atoms with E-state index in [9.17, 15) is 4.79 Å². The molecule has 1 N–H and O–H groups in total. The van der Waals surface area contributed by atoms with Gasteiger partial charge in [0.15, 0.2) is 5.78 Å². The van der Waals surface area contributed by atoms with Gasteiger partial charge in [-0.3, -0.25) is 4.79 Å². The first-order valence-corrected chi connectivity index (χ1v) is 7.59. The zero-order valence-electron chi connectivity index (χ0n) is 14.6. The molecule has 0 radical (unpaired) electrons. The molecule has 1 atom stereocenters. The van der Waals surface area contributed by atoms with Crippen LogP contribution in [0.25, 0.3) is 0 Å². The standard InChI is InChI=1S/C17H32N2O/c1-16(2,3)10-12-13(9-14(12)20)19(8)11-15(18-7)17(4,5)6/h15,18H,9-11H2,1-8H3. The predicted molar refractivity (Wildman–Crippen MR) is 85.7 cm³/mol. The van der Waals surface area contributed by atoms with Crippen molar-refractivity contribution in [1.82, 2.24) is 10.2 Å². The van der Waals surface area contributed by atoms with Gasteiger partial charge in [0.2, 0.25) is 0 Å². The van der Waals surface area contributed by atoms with Crippen molar-refractivity contribution in [2.24, 2.45) is 10.8 Å². The van der Waals surface area contributed by atoms with Crippen LogP contribution in [-0.4, -0.2) is 37.4 Å². The van der Waals surface area contributed by atoms with Crippen molar-refractivity contribution in [2.75, 3.05) is 20.6 Å². The molecule has 1 unspecified atom stereocenters. The Morgan fingerprint density at radius 1 is 1.20 bits per heavy atom. The zero-order valence-corrected chi connectivity index (χ0v) is 14.6. The Balaban J connectivity index is 2.81. The summed E-state index contributed by atoms with van der Waals surface area (Å²) in [4.78, 5) is 14.1. The minimum Gasteiger partial charge on any atom is -0.376 e. The van der Waals surface area contributed by atoms with E-state index in [0.29, 0.717) is 18.2 Å². The lowest BCUT2D eigenvalue weighted by atomic mass is 9.78. The lowest BCUT2D eigenvalue weighted by Crippen LogP contribution is -2.47. The maximum absolute atomic E-state index is 11.9. The first-order chi connectivity index (χ1) is 8.95. The summed E-state index contributed by atoms with van der Waals surface area (Å²) in [6.45, 7) is 14.3. The summed E-state index contributed by atoms with van der Waals surface area (Å²) in [6, 6.07) is 0.409. The molecule has 1 aliphatic rings. The highest BCUT2D eigenvalue weighted by molar-refractivity contribution is 6.04. The zero-order chi connectivity index (χ0) is 15.7. The average Bonchev–Trinajstić information content (AvgIpc) is 2.27. The van der Waals surface area contributed by atoms with E-state index in [1.165, 1.54) is 5.70 Å². The molecule has 0 aliphatic heterocycles. The number of allylic oxidation sites excluding steroid dienone is 2. The number of rotatable bonds is 5. The molecular formula is C17H32N2O. The van der Waals surface area contributed by atoms with Crippen molar-refractivity contribution >= 4 is 5.78 Å². The molecule has 0 amide bonds. The van der Waals surface area contributed by atoms with E-state index in [1.54, 1.807) is 0 Å². The molecule has 0 aromatic rings. The topological polar surface area (TPSA) is 32.3 Å². The summed E-state index contributed by atoms with van der Waals surface area (Å²) in [5.74, 6) is 0.332. The van der Waals surface area contributed by atoms with Crippen molar-refractivity contribution in [3.8, 4) is 0 Å². The third-order valence-corrected chi connectivity index (χ3v) is 4.03. The minimum atomic E-state index is 0.171. The molecule has 1 rings (SSSR count). The molecule has 20 heavy (non-hydrogen) atoms. The van der Waals surface area contributed by atoms with E-state index >= 15 is 0 Å². The van der Waals surface area contributed by atoms with Crippen molar-refractivity contribution in [2.45, 2.75) is 60.4 Å². The van der Waals surface area contributed by atoms with Gasteiger partial charge in [0.05, 0.1) is 6.42 Å². The minimum absolute atomic E-state index is 0.171. The summed E-state index contributed by atoms with van der Waals surface area (Å²) in [5.41, 5.74) is 2.67. The van der Waals surface area contributed by atoms with Gasteiger partial charge in [0.1, 0.15) is 0 Å². The van der Waals surface area contributed by atoms with E-state index in [4.69, 9.17) is 0 Å². The van der Waals surface area contributed by atoms with Crippen LogP contribution in [-0.2, 0) is 4.79 Å². The smallest absolute Gasteiger partial charge is 0.166 e. The Labute approximate surface area is 124 Å². The number of likely N-dealkylation sites (N-methyl/N-ethyl adjacent to an activating group) is 2. The molecule has 0 heterocycles. The number of carbonyl (C=O) groups excluding carboxylic acids is 1. The highest BCUT2D eigenvalue weighted by atomic mass is 16.1. The highest BCUT2D eigenvalue weighted by Gasteiger charge is 2.34. The molecule has 0 saturated carbocycles. The highest BCUT2D eigenvalue weighted by Crippen LogP contribution is 2.36. The third-order valence-electron chi connectivity index (χ3n) is 4.03. The first kappa shape index (κ1) is 17.2. The van der Waals surface area contributed by atoms with E-state index in [2.05, 4.69) is 58.8 Å². The summed E-state index contributed by atoms with van der Waals surface area (Å²) in [7, 11) is 4.13. The van der Waals surface area contributed by atoms with Gasteiger partial charge in [-0.2, -0.15) is 0 Å². The summed E-state index contributed by atoms with van der Waals surface area (Å²) in [6.07, 6.45) is 1.49. The number of nitrogens with one attached hydrogen (secondary N) is 1. The van der Waals surface area contributed by atoms with Crippen LogP contribution in [0.1, 0.15) is 54.4 Å². The Morgan fingerprint density at radius 2 is 1.75 bits per heavy atom. The van der Waals surface area contributed by atoms with Crippen LogP contribution in [0.4, 0.5) is 0 Å². The van der Waals surface area contributed by atoms with Crippen molar-refractivity contribution < 1.29 is 4.79 Å². The van der Waals surface area contributed by atoms with Crippen LogP contribution < -0.4 is 5.32 Å². The second-order valence-corrected chi connectivity index (χ2v) is 8.35. The van der Waals surface area contributed by atoms with Crippen molar-refractivity contribution in [1.29, 1.82) is 0 Å². The van der Waals surface area contributed by atoms with Crippen LogP contribution in [0.5, 0.6) is 0 Å². The molecule has 3 heteroatoms. The average molecular weight is 280 g/mol. The van der Waals surface area contributed by atoms with Gasteiger partial charge < -0.3 is 10.2 Å². The quantitative estimate of drug-likeness (QED) is 0.839. The Bertz CT molecular complexity index is 396. The molecule has 116 valence electrons. The lowest BCUT2D eigenvalue weighted by molar-refractivity contribution is -0.117. The van der Waals surface area contributed by atoms with Crippen molar-refractivity contribution in [3.63, 3.8) is 0 Å². The number of Topliss-reactive ketones (excluding diaryl/α,β-unsaturated/α-hetero) is 1. The molecule has 3 nitrogen and oxygen atoms in total. The Kier molecular flexibility index (Phi) is 5.07. The maximum Gasteiger partial charge on any atom is 0.166 e. The number of hydrogen-bond acceptors (Lipinski definition) is 3. The lowest BCUT2D eigenvalue weighted by Gasteiger charge is -2.39. The summed E-state index contributed by atoms with van der Waals surface area (Å²) in [5, 5.41) is 3.40. The largest absolute Gasteiger partial charge is 0.376 e. The molecular weight excluding hydrogens is 248 g/mol. The Morgan fingerprint density at radius 3 is 2.10 bits per heavy atom. The van der Waals surface area contributed by atoms with E-state index in [0.717, 1.165) is 18.5 Å². The number of nitrogens with zero attached hydrogens (tertiary/aromatic N) is 1. The van der Waals surface area contributed by atoms with E-state index < -0.39 is 0 Å². The molecule has 0 aromatic heterocycles. The SMILES string of the molecule is CNC(CN(C)C1=C(CC(C)(C)C)C(=O)C1)C(C)(C)C. The molecule has 0 bridgehead atoms. The second-order valence-electron chi connectivity index (χ2n) is 8.35. The number of ketones is 1. The van der Waals surface area contributed by atoms with Gasteiger partial charge in [-0.25, -0.2) is 0 Å². The fourth-order valence-electron chi connectivity index (χ4n) is 2.70. The van der Waals surface area contributed by atoms with Gasteiger partial charge in [-0.15, -0.1) is 0 Å². The summed E-state index contributed by atoms with van der Waals surface area (Å²) < 4.78 is 0. The first-order valence-electron chi connectivity index (χ1n) is 7.59. The number of carbonyl (C=O) groups is 1. The summed E-state index contributed by atoms with van der Waals surface area (Å²) >= 11 is 0.